The molecule has 0 aliphatic carbocycles. The fourth-order valence-corrected chi connectivity index (χ4v) is 2.49. The molecular weight excluding hydrogens is 318 g/mol. The maximum atomic E-state index is 12.0. The minimum absolute atomic E-state index is 0.254. The molecule has 6 nitrogen and oxygen atoms in total. The molecule has 1 aromatic heterocycles. The summed E-state index contributed by atoms with van der Waals surface area (Å²) in [5.74, 6) is -0.648. The summed E-state index contributed by atoms with van der Waals surface area (Å²) in [5, 5.41) is 6.17. The molecule has 3 rings (SSSR count). The summed E-state index contributed by atoms with van der Waals surface area (Å²) in [4.78, 5) is 27.1. The summed E-state index contributed by atoms with van der Waals surface area (Å²) in [5.41, 5.74) is 2.41. The van der Waals surface area contributed by atoms with Crippen molar-refractivity contribution >= 4 is 28.4 Å². The number of hydrogen-bond donors (Lipinski definition) is 3. The molecule has 0 aliphatic heterocycles. The van der Waals surface area contributed by atoms with Gasteiger partial charge in [-0.2, -0.15) is 0 Å². The first-order chi connectivity index (χ1) is 12.2. The number of H-pyrrole nitrogens is 1. The van der Waals surface area contributed by atoms with Gasteiger partial charge in [0.05, 0.1) is 6.61 Å². The number of aromatic amines is 1. The third-order valence-corrected chi connectivity index (χ3v) is 3.68. The van der Waals surface area contributed by atoms with Crippen LogP contribution in [0, 0.1) is 0 Å². The molecule has 0 saturated carbocycles. The van der Waals surface area contributed by atoms with Gasteiger partial charge >= 0.3 is 11.8 Å². The molecule has 25 heavy (non-hydrogen) atoms. The van der Waals surface area contributed by atoms with E-state index in [1.54, 1.807) is 6.07 Å². The number of amides is 2. The summed E-state index contributed by atoms with van der Waals surface area (Å²) in [6, 6.07) is 14.7. The minimum atomic E-state index is -0.698. The quantitative estimate of drug-likeness (QED) is 0.626. The van der Waals surface area contributed by atoms with Gasteiger partial charge in [-0.1, -0.05) is 12.1 Å². The molecule has 0 spiro atoms. The standard InChI is InChI=1S/C19H19N3O3/c1-2-25-16-5-3-4-13(10-16)12-21-18(23)19(24)22-15-6-7-17-14(11-15)8-9-20-17/h3-11,20H,2,12H2,1H3,(H,21,23)(H,22,24). The SMILES string of the molecule is CCOc1cccc(CNC(=O)C(=O)Nc2ccc3[nH]ccc3c2)c1. The fraction of sp³-hybridized carbons (Fsp3) is 0.158. The Bertz CT molecular complexity index is 902. The molecule has 0 fully saturated rings. The molecule has 2 amide bonds. The fourth-order valence-electron chi connectivity index (χ4n) is 2.49. The Morgan fingerprint density at radius 1 is 1.08 bits per heavy atom. The van der Waals surface area contributed by atoms with E-state index >= 15 is 0 Å². The van der Waals surface area contributed by atoms with E-state index in [0.29, 0.717) is 12.3 Å². The third kappa shape index (κ3) is 4.17. The molecule has 0 bridgehead atoms. The number of ether oxygens (including phenoxy) is 1. The predicted molar refractivity (Wildman–Crippen MR) is 96.4 cm³/mol. The van der Waals surface area contributed by atoms with E-state index < -0.39 is 11.8 Å². The Labute approximate surface area is 145 Å². The maximum Gasteiger partial charge on any atom is 0.313 e. The molecule has 0 aliphatic rings. The van der Waals surface area contributed by atoms with Gasteiger partial charge in [-0.3, -0.25) is 9.59 Å². The Kier molecular flexibility index (Phi) is 4.99. The van der Waals surface area contributed by atoms with Gasteiger partial charge in [0, 0.05) is 29.3 Å². The summed E-state index contributed by atoms with van der Waals surface area (Å²) < 4.78 is 5.41. The highest BCUT2D eigenvalue weighted by molar-refractivity contribution is 6.39. The number of carbonyl (C=O) groups excluding carboxylic acids is 2. The third-order valence-electron chi connectivity index (χ3n) is 3.68. The summed E-state index contributed by atoms with van der Waals surface area (Å²) in [7, 11) is 0. The lowest BCUT2D eigenvalue weighted by molar-refractivity contribution is -0.136. The van der Waals surface area contributed by atoms with E-state index in [9.17, 15) is 9.59 Å². The van der Waals surface area contributed by atoms with Crippen LogP contribution >= 0.6 is 0 Å². The highest BCUT2D eigenvalue weighted by Gasteiger charge is 2.13. The zero-order valence-electron chi connectivity index (χ0n) is 13.8. The number of benzene rings is 2. The van der Waals surface area contributed by atoms with Crippen LogP contribution in [0.3, 0.4) is 0 Å². The molecule has 128 valence electrons. The van der Waals surface area contributed by atoms with E-state index in [1.165, 1.54) is 0 Å². The first-order valence-corrected chi connectivity index (χ1v) is 8.04. The van der Waals surface area contributed by atoms with Gasteiger partial charge < -0.3 is 20.4 Å². The minimum Gasteiger partial charge on any atom is -0.494 e. The predicted octanol–water partition coefficient (Wildman–Crippen LogP) is 2.82. The summed E-state index contributed by atoms with van der Waals surface area (Å²) in [6.45, 7) is 2.73. The summed E-state index contributed by atoms with van der Waals surface area (Å²) in [6.07, 6.45) is 1.82. The molecule has 3 N–H and O–H groups in total. The molecule has 1 heterocycles. The van der Waals surface area contributed by atoms with Crippen molar-refractivity contribution < 1.29 is 14.3 Å². The van der Waals surface area contributed by atoms with Crippen molar-refractivity contribution in [3.05, 3.63) is 60.3 Å². The molecular formula is C19H19N3O3. The summed E-state index contributed by atoms with van der Waals surface area (Å²) >= 11 is 0. The van der Waals surface area contributed by atoms with Crippen molar-refractivity contribution in [1.29, 1.82) is 0 Å². The number of rotatable bonds is 5. The van der Waals surface area contributed by atoms with E-state index in [0.717, 1.165) is 22.2 Å². The van der Waals surface area contributed by atoms with Crippen LogP contribution in [0.2, 0.25) is 0 Å². The molecule has 6 heteroatoms. The average Bonchev–Trinajstić information content (AvgIpc) is 3.08. The maximum absolute atomic E-state index is 12.0. The largest absolute Gasteiger partial charge is 0.494 e. The Morgan fingerprint density at radius 3 is 2.80 bits per heavy atom. The first-order valence-electron chi connectivity index (χ1n) is 8.04. The van der Waals surface area contributed by atoms with Gasteiger partial charge in [-0.25, -0.2) is 0 Å². The zero-order chi connectivity index (χ0) is 17.6. The van der Waals surface area contributed by atoms with Crippen molar-refractivity contribution in [2.75, 3.05) is 11.9 Å². The number of hydrogen-bond acceptors (Lipinski definition) is 3. The van der Waals surface area contributed by atoms with Crippen LogP contribution in [0.5, 0.6) is 5.75 Å². The number of aromatic nitrogens is 1. The molecule has 0 unspecified atom stereocenters. The molecule has 0 atom stereocenters. The van der Waals surface area contributed by atoms with Crippen molar-refractivity contribution in [2.24, 2.45) is 0 Å². The lowest BCUT2D eigenvalue weighted by atomic mass is 10.2. The smallest absolute Gasteiger partial charge is 0.313 e. The number of anilines is 1. The second kappa shape index (κ2) is 7.53. The molecule has 2 aromatic carbocycles. The van der Waals surface area contributed by atoms with Crippen molar-refractivity contribution in [2.45, 2.75) is 13.5 Å². The van der Waals surface area contributed by atoms with Crippen LogP contribution in [0.4, 0.5) is 5.69 Å². The zero-order valence-corrected chi connectivity index (χ0v) is 13.8. The van der Waals surface area contributed by atoms with Crippen LogP contribution in [-0.4, -0.2) is 23.4 Å². The molecule has 0 saturated heterocycles. The van der Waals surface area contributed by atoms with Gasteiger partial charge in [-0.15, -0.1) is 0 Å². The van der Waals surface area contributed by atoms with E-state index in [4.69, 9.17) is 4.74 Å². The monoisotopic (exact) mass is 337 g/mol. The lowest BCUT2D eigenvalue weighted by Crippen LogP contribution is -2.34. The van der Waals surface area contributed by atoms with Gasteiger partial charge in [0.25, 0.3) is 0 Å². The molecule has 0 radical (unpaired) electrons. The van der Waals surface area contributed by atoms with Crippen molar-refractivity contribution in [3.8, 4) is 5.75 Å². The van der Waals surface area contributed by atoms with Crippen molar-refractivity contribution in [3.63, 3.8) is 0 Å². The second-order valence-corrected chi connectivity index (χ2v) is 5.50. The van der Waals surface area contributed by atoms with E-state index in [2.05, 4.69) is 15.6 Å². The Morgan fingerprint density at radius 2 is 1.96 bits per heavy atom. The average molecular weight is 337 g/mol. The molecule has 3 aromatic rings. The van der Waals surface area contributed by atoms with Crippen LogP contribution in [-0.2, 0) is 16.1 Å². The number of nitrogens with one attached hydrogen (secondary N) is 3. The van der Waals surface area contributed by atoms with Crippen LogP contribution in [0.1, 0.15) is 12.5 Å². The highest BCUT2D eigenvalue weighted by atomic mass is 16.5. The van der Waals surface area contributed by atoms with Crippen LogP contribution < -0.4 is 15.4 Å². The van der Waals surface area contributed by atoms with Gasteiger partial charge in [0.2, 0.25) is 0 Å². The van der Waals surface area contributed by atoms with Crippen LogP contribution in [0.15, 0.2) is 54.7 Å². The lowest BCUT2D eigenvalue weighted by Gasteiger charge is -2.08. The Balaban J connectivity index is 1.57. The Hall–Kier alpha value is -3.28. The van der Waals surface area contributed by atoms with Crippen molar-refractivity contribution in [1.82, 2.24) is 10.3 Å². The van der Waals surface area contributed by atoms with E-state index in [1.807, 2.05) is 55.6 Å². The van der Waals surface area contributed by atoms with Gasteiger partial charge in [-0.05, 0) is 48.9 Å². The topological polar surface area (TPSA) is 83.2 Å². The normalized spacial score (nSPS) is 10.4. The highest BCUT2D eigenvalue weighted by Crippen LogP contribution is 2.17. The number of fused-ring (bicyclic) bond motifs is 1. The second-order valence-electron chi connectivity index (χ2n) is 5.50. The number of carbonyl (C=O) groups is 2. The van der Waals surface area contributed by atoms with Gasteiger partial charge in [0.1, 0.15) is 5.75 Å². The van der Waals surface area contributed by atoms with Gasteiger partial charge in [0.15, 0.2) is 0 Å². The van der Waals surface area contributed by atoms with E-state index in [-0.39, 0.29) is 6.54 Å². The first kappa shape index (κ1) is 16.6. The van der Waals surface area contributed by atoms with Crippen LogP contribution in [0.25, 0.3) is 10.9 Å².